The lowest BCUT2D eigenvalue weighted by atomic mass is 9.51. The third-order valence-electron chi connectivity index (χ3n) is 7.49. The van der Waals surface area contributed by atoms with E-state index in [0.29, 0.717) is 0 Å². The first-order valence-corrected chi connectivity index (χ1v) is 10.4. The SMILES string of the molecule is Cc1nc2c(c(NCCC3C4CC5CC(C4)CC3C5)n1)CCCC2. The molecule has 6 rings (SSSR count). The molecule has 0 aliphatic heterocycles. The molecule has 4 bridgehead atoms. The summed E-state index contributed by atoms with van der Waals surface area (Å²) in [5, 5.41) is 3.72. The van der Waals surface area contributed by atoms with Gasteiger partial charge in [0.15, 0.2) is 0 Å². The van der Waals surface area contributed by atoms with Gasteiger partial charge >= 0.3 is 0 Å². The lowest BCUT2D eigenvalue weighted by Crippen LogP contribution is -2.45. The monoisotopic (exact) mass is 325 g/mol. The van der Waals surface area contributed by atoms with E-state index in [1.807, 2.05) is 6.92 Å². The van der Waals surface area contributed by atoms with E-state index in [1.54, 1.807) is 32.1 Å². The topological polar surface area (TPSA) is 37.8 Å². The highest BCUT2D eigenvalue weighted by molar-refractivity contribution is 5.47. The molecule has 0 unspecified atom stereocenters. The van der Waals surface area contributed by atoms with E-state index >= 15 is 0 Å². The number of aryl methyl sites for hydroxylation is 2. The largest absolute Gasteiger partial charge is 0.370 e. The highest BCUT2D eigenvalue weighted by Crippen LogP contribution is 2.57. The van der Waals surface area contributed by atoms with E-state index in [0.717, 1.165) is 60.6 Å². The van der Waals surface area contributed by atoms with Gasteiger partial charge in [-0.1, -0.05) is 0 Å². The Balaban J connectivity index is 1.25. The minimum atomic E-state index is 0.938. The van der Waals surface area contributed by atoms with Crippen LogP contribution >= 0.6 is 0 Å². The third-order valence-corrected chi connectivity index (χ3v) is 7.49. The smallest absolute Gasteiger partial charge is 0.133 e. The van der Waals surface area contributed by atoms with Crippen LogP contribution < -0.4 is 5.32 Å². The molecule has 1 aromatic rings. The van der Waals surface area contributed by atoms with Crippen molar-refractivity contribution >= 4 is 5.82 Å². The molecule has 4 saturated carbocycles. The summed E-state index contributed by atoms with van der Waals surface area (Å²) in [6.07, 6.45) is 14.0. The van der Waals surface area contributed by atoms with Crippen LogP contribution in [0.1, 0.15) is 68.4 Å². The molecule has 3 nitrogen and oxygen atoms in total. The Morgan fingerprint density at radius 3 is 2.38 bits per heavy atom. The molecule has 0 spiro atoms. The van der Waals surface area contributed by atoms with Crippen LogP contribution in [-0.2, 0) is 12.8 Å². The van der Waals surface area contributed by atoms with E-state index < -0.39 is 0 Å². The van der Waals surface area contributed by atoms with E-state index in [4.69, 9.17) is 4.98 Å². The van der Waals surface area contributed by atoms with Gasteiger partial charge in [-0.2, -0.15) is 0 Å². The molecule has 5 aliphatic carbocycles. The number of nitrogens with zero attached hydrogens (tertiary/aromatic N) is 2. The Morgan fingerprint density at radius 2 is 1.62 bits per heavy atom. The third kappa shape index (κ3) is 2.64. The summed E-state index contributed by atoms with van der Waals surface area (Å²) in [7, 11) is 0. The van der Waals surface area contributed by atoms with Gasteiger partial charge in [-0.05, 0) is 101 Å². The van der Waals surface area contributed by atoms with Crippen molar-refractivity contribution in [2.75, 3.05) is 11.9 Å². The van der Waals surface area contributed by atoms with Crippen LogP contribution in [0.4, 0.5) is 5.82 Å². The number of nitrogens with one attached hydrogen (secondary N) is 1. The van der Waals surface area contributed by atoms with E-state index in [2.05, 4.69) is 10.3 Å². The Morgan fingerprint density at radius 1 is 0.917 bits per heavy atom. The predicted octanol–water partition coefficient (Wildman–Crippen LogP) is 4.54. The quantitative estimate of drug-likeness (QED) is 0.883. The average molecular weight is 326 g/mol. The Labute approximate surface area is 146 Å². The summed E-state index contributed by atoms with van der Waals surface area (Å²) in [4.78, 5) is 9.42. The van der Waals surface area contributed by atoms with Crippen molar-refractivity contribution in [3.8, 4) is 0 Å². The minimum absolute atomic E-state index is 0.938. The molecule has 0 radical (unpaired) electrons. The molecule has 0 aromatic carbocycles. The van der Waals surface area contributed by atoms with Gasteiger partial charge in [-0.3, -0.25) is 0 Å². The van der Waals surface area contributed by atoms with Gasteiger partial charge in [-0.25, -0.2) is 9.97 Å². The van der Waals surface area contributed by atoms with Crippen LogP contribution in [0.3, 0.4) is 0 Å². The zero-order valence-corrected chi connectivity index (χ0v) is 15.1. The zero-order valence-electron chi connectivity index (χ0n) is 15.1. The lowest BCUT2D eigenvalue weighted by Gasteiger charge is -2.54. The van der Waals surface area contributed by atoms with Gasteiger partial charge in [0.25, 0.3) is 0 Å². The molecule has 0 saturated heterocycles. The molecule has 0 amide bonds. The number of aromatic nitrogens is 2. The van der Waals surface area contributed by atoms with E-state index in [9.17, 15) is 0 Å². The fourth-order valence-corrected chi connectivity index (χ4v) is 6.73. The average Bonchev–Trinajstić information content (AvgIpc) is 2.56. The van der Waals surface area contributed by atoms with Crippen molar-refractivity contribution in [2.45, 2.75) is 71.1 Å². The number of fused-ring (bicyclic) bond motifs is 1. The molecule has 1 heterocycles. The first kappa shape index (κ1) is 15.2. The predicted molar refractivity (Wildman–Crippen MR) is 97.1 cm³/mol. The maximum absolute atomic E-state index is 4.74. The van der Waals surface area contributed by atoms with Crippen LogP contribution in [0.5, 0.6) is 0 Å². The second-order valence-electron chi connectivity index (χ2n) is 9.06. The second kappa shape index (κ2) is 6.00. The fourth-order valence-electron chi connectivity index (χ4n) is 6.73. The van der Waals surface area contributed by atoms with Crippen molar-refractivity contribution < 1.29 is 0 Å². The van der Waals surface area contributed by atoms with E-state index in [-0.39, 0.29) is 0 Å². The summed E-state index contributed by atoms with van der Waals surface area (Å²) in [6, 6.07) is 0. The molecule has 4 fully saturated rings. The number of anilines is 1. The second-order valence-corrected chi connectivity index (χ2v) is 9.06. The molecule has 24 heavy (non-hydrogen) atoms. The van der Waals surface area contributed by atoms with Crippen molar-refractivity contribution in [1.82, 2.24) is 9.97 Å². The highest BCUT2D eigenvalue weighted by atomic mass is 15.0. The van der Waals surface area contributed by atoms with E-state index in [1.165, 1.54) is 30.5 Å². The van der Waals surface area contributed by atoms with Crippen LogP contribution in [0, 0.1) is 36.5 Å². The molecule has 5 aliphatic rings. The Hall–Kier alpha value is -1.12. The van der Waals surface area contributed by atoms with Crippen LogP contribution in [0.25, 0.3) is 0 Å². The summed E-state index contributed by atoms with van der Waals surface area (Å²) < 4.78 is 0. The van der Waals surface area contributed by atoms with Crippen LogP contribution in [0.15, 0.2) is 0 Å². The normalized spacial score (nSPS) is 36.6. The van der Waals surface area contributed by atoms with Gasteiger partial charge in [0, 0.05) is 17.8 Å². The number of hydrogen-bond acceptors (Lipinski definition) is 3. The molecular weight excluding hydrogens is 294 g/mol. The van der Waals surface area contributed by atoms with Crippen molar-refractivity contribution in [3.05, 3.63) is 17.1 Å². The summed E-state index contributed by atoms with van der Waals surface area (Å²) >= 11 is 0. The maximum atomic E-state index is 4.74. The molecular formula is C21H31N3. The van der Waals surface area contributed by atoms with Gasteiger partial charge in [0.2, 0.25) is 0 Å². The first-order chi connectivity index (χ1) is 11.8. The van der Waals surface area contributed by atoms with Crippen molar-refractivity contribution in [3.63, 3.8) is 0 Å². The summed E-state index contributed by atoms with van der Waals surface area (Å²) in [5.41, 5.74) is 2.72. The van der Waals surface area contributed by atoms with Gasteiger partial charge in [0.05, 0.1) is 0 Å². The lowest BCUT2D eigenvalue weighted by molar-refractivity contribution is -0.0381. The Bertz CT molecular complexity index is 596. The molecule has 0 atom stereocenters. The molecule has 1 N–H and O–H groups in total. The molecule has 130 valence electrons. The number of hydrogen-bond donors (Lipinski definition) is 1. The minimum Gasteiger partial charge on any atom is -0.370 e. The highest BCUT2D eigenvalue weighted by Gasteiger charge is 2.47. The number of rotatable bonds is 4. The van der Waals surface area contributed by atoms with Crippen LogP contribution in [0.2, 0.25) is 0 Å². The summed E-state index contributed by atoms with van der Waals surface area (Å²) in [5.74, 6) is 7.35. The standard InChI is InChI=1S/C21H31N3/c1-13-23-20-5-3-2-4-19(20)21(24-13)22-7-6-18-16-9-14-8-15(11-16)12-17(18)10-14/h14-18H,2-12H2,1H3,(H,22,23,24). The Kier molecular flexibility index (Phi) is 3.79. The zero-order chi connectivity index (χ0) is 16.1. The van der Waals surface area contributed by atoms with Gasteiger partial charge < -0.3 is 5.32 Å². The molecule has 3 heteroatoms. The summed E-state index contributed by atoms with van der Waals surface area (Å²) in [6.45, 7) is 3.15. The first-order valence-electron chi connectivity index (χ1n) is 10.4. The van der Waals surface area contributed by atoms with Crippen molar-refractivity contribution in [1.29, 1.82) is 0 Å². The van der Waals surface area contributed by atoms with Crippen molar-refractivity contribution in [2.24, 2.45) is 29.6 Å². The molecule has 1 aromatic heterocycles. The fraction of sp³-hybridized carbons (Fsp3) is 0.810. The van der Waals surface area contributed by atoms with Gasteiger partial charge in [0.1, 0.15) is 11.6 Å². The maximum Gasteiger partial charge on any atom is 0.133 e. The van der Waals surface area contributed by atoms with Gasteiger partial charge in [-0.15, -0.1) is 0 Å². The van der Waals surface area contributed by atoms with Crippen LogP contribution in [-0.4, -0.2) is 16.5 Å².